The second-order valence-electron chi connectivity index (χ2n) is 4.64. The predicted octanol–water partition coefficient (Wildman–Crippen LogP) is 4.12. The smallest absolute Gasteiger partial charge is 0.428 e. The summed E-state index contributed by atoms with van der Waals surface area (Å²) >= 11 is 6.12. The molecule has 0 heterocycles. The summed E-state index contributed by atoms with van der Waals surface area (Å²) < 4.78 is 27.8. The molecule has 1 amide bonds. The maximum atomic E-state index is 12.5. The number of hydrazone groups is 1. The first-order chi connectivity index (χ1) is 11.4. The topological polar surface area (TPSA) is 86.2 Å². The Morgan fingerprint density at radius 3 is 2.38 bits per heavy atom. The number of amides is 1. The number of carbonyl (C=O) groups excluding carboxylic acids is 1. The van der Waals surface area contributed by atoms with Crippen molar-refractivity contribution in [2.75, 3.05) is 13.2 Å². The van der Waals surface area contributed by atoms with Crippen LogP contribution in [-0.4, -0.2) is 30.1 Å². The molecule has 1 atom stereocenters. The van der Waals surface area contributed by atoms with Gasteiger partial charge in [-0.2, -0.15) is 5.10 Å². The van der Waals surface area contributed by atoms with Crippen molar-refractivity contribution in [3.05, 3.63) is 35.9 Å². The van der Waals surface area contributed by atoms with Crippen molar-refractivity contribution < 1.29 is 23.1 Å². The Morgan fingerprint density at radius 2 is 1.83 bits per heavy atom. The van der Waals surface area contributed by atoms with E-state index in [2.05, 4.69) is 10.5 Å². The van der Waals surface area contributed by atoms with E-state index in [1.54, 1.807) is 13.8 Å². The van der Waals surface area contributed by atoms with Crippen LogP contribution in [0, 0.1) is 0 Å². The monoisotopic (exact) mass is 376 g/mol. The van der Waals surface area contributed by atoms with Gasteiger partial charge in [0.1, 0.15) is 6.61 Å². The van der Waals surface area contributed by atoms with E-state index in [0.717, 1.165) is 5.56 Å². The molecule has 1 unspecified atom stereocenters. The number of halogens is 1. The molecule has 0 aliphatic heterocycles. The van der Waals surface area contributed by atoms with Gasteiger partial charge in [0.05, 0.1) is 18.9 Å². The van der Waals surface area contributed by atoms with E-state index in [4.69, 9.17) is 25.4 Å². The van der Waals surface area contributed by atoms with Crippen LogP contribution in [0.5, 0.6) is 0 Å². The van der Waals surface area contributed by atoms with Crippen LogP contribution in [0.2, 0.25) is 0 Å². The van der Waals surface area contributed by atoms with Gasteiger partial charge in [-0.15, -0.1) is 11.6 Å². The second kappa shape index (κ2) is 10.5. The summed E-state index contributed by atoms with van der Waals surface area (Å²) in [5.41, 5.74) is 3.24. The second-order valence-corrected chi connectivity index (χ2v) is 7.49. The number of carbonyl (C=O) groups is 1. The zero-order chi connectivity index (χ0) is 18.0. The molecule has 0 fully saturated rings. The lowest BCUT2D eigenvalue weighted by molar-refractivity contribution is 0.140. The molecule has 0 saturated heterocycles. The van der Waals surface area contributed by atoms with Crippen molar-refractivity contribution >= 4 is 31.0 Å². The van der Waals surface area contributed by atoms with Crippen molar-refractivity contribution in [2.45, 2.75) is 32.5 Å². The number of rotatable bonds is 9. The number of alkyl halides is 1. The third kappa shape index (κ3) is 6.61. The zero-order valence-corrected chi connectivity index (χ0v) is 15.5. The van der Waals surface area contributed by atoms with Crippen LogP contribution in [0.3, 0.4) is 0 Å². The summed E-state index contributed by atoms with van der Waals surface area (Å²) in [5.74, 6) is 0. The molecule has 7 nitrogen and oxygen atoms in total. The summed E-state index contributed by atoms with van der Waals surface area (Å²) in [4.78, 5) is 11.6. The Kier molecular flexibility index (Phi) is 9.00. The number of ether oxygens (including phenoxy) is 1. The standard InChI is InChI=1S/C15H22ClN2O5P/c1-4-22-24(20,23-5-2)14(16)12(3)17-18-15(19)21-11-13-9-7-6-8-10-13/h6-10,14H,4-5,11H2,1-3H3,(H,18,19)/b17-12+. The van der Waals surface area contributed by atoms with Crippen molar-refractivity contribution in [1.82, 2.24) is 5.43 Å². The molecular weight excluding hydrogens is 355 g/mol. The number of benzene rings is 1. The van der Waals surface area contributed by atoms with E-state index in [1.165, 1.54) is 6.92 Å². The Bertz CT molecular complexity index is 587. The van der Waals surface area contributed by atoms with Crippen LogP contribution in [0.15, 0.2) is 35.4 Å². The molecule has 0 aliphatic rings. The van der Waals surface area contributed by atoms with Crippen molar-refractivity contribution in [3.8, 4) is 0 Å². The summed E-state index contributed by atoms with van der Waals surface area (Å²) in [6, 6.07) is 9.22. The zero-order valence-electron chi connectivity index (χ0n) is 13.9. The van der Waals surface area contributed by atoms with Gasteiger partial charge in [0, 0.05) is 0 Å². The van der Waals surface area contributed by atoms with E-state index in [1.807, 2.05) is 30.3 Å². The fourth-order valence-electron chi connectivity index (χ4n) is 1.70. The largest absolute Gasteiger partial charge is 0.443 e. The van der Waals surface area contributed by atoms with Crippen LogP contribution in [0.1, 0.15) is 26.3 Å². The van der Waals surface area contributed by atoms with Gasteiger partial charge in [-0.25, -0.2) is 10.2 Å². The quantitative estimate of drug-likeness (QED) is 0.303. The van der Waals surface area contributed by atoms with Crippen LogP contribution in [0.4, 0.5) is 4.79 Å². The van der Waals surface area contributed by atoms with E-state index < -0.39 is 18.8 Å². The first-order valence-electron chi connectivity index (χ1n) is 7.46. The molecule has 0 aliphatic carbocycles. The minimum atomic E-state index is -3.55. The molecule has 0 spiro atoms. The molecule has 1 aromatic carbocycles. The van der Waals surface area contributed by atoms with Gasteiger partial charge in [0.25, 0.3) is 0 Å². The first-order valence-corrected chi connectivity index (χ1v) is 9.51. The molecule has 0 aromatic heterocycles. The molecule has 0 radical (unpaired) electrons. The molecule has 0 bridgehead atoms. The molecule has 1 N–H and O–H groups in total. The minimum absolute atomic E-state index is 0.113. The summed E-state index contributed by atoms with van der Waals surface area (Å²) in [5, 5.41) is 2.69. The van der Waals surface area contributed by atoms with Gasteiger partial charge in [-0.05, 0) is 26.3 Å². The minimum Gasteiger partial charge on any atom is -0.443 e. The molecule has 134 valence electrons. The van der Waals surface area contributed by atoms with Crippen molar-refractivity contribution in [1.29, 1.82) is 0 Å². The Balaban J connectivity index is 2.57. The van der Waals surface area contributed by atoms with E-state index in [-0.39, 0.29) is 25.5 Å². The van der Waals surface area contributed by atoms with Crippen LogP contribution < -0.4 is 5.43 Å². The molecule has 1 aromatic rings. The predicted molar refractivity (Wildman–Crippen MR) is 93.4 cm³/mol. The SMILES string of the molecule is CCOP(=O)(OCC)C(Cl)/C(C)=N/NC(=O)OCc1ccccc1. The molecule has 9 heteroatoms. The van der Waals surface area contributed by atoms with Crippen LogP contribution in [-0.2, 0) is 25.0 Å². The lowest BCUT2D eigenvalue weighted by Gasteiger charge is -2.21. The lowest BCUT2D eigenvalue weighted by Crippen LogP contribution is -2.23. The fourth-order valence-corrected chi connectivity index (χ4v) is 3.66. The number of nitrogens with one attached hydrogen (secondary N) is 1. The highest BCUT2D eigenvalue weighted by atomic mass is 35.5. The van der Waals surface area contributed by atoms with Gasteiger partial charge < -0.3 is 13.8 Å². The van der Waals surface area contributed by atoms with Gasteiger partial charge in [0.15, 0.2) is 5.12 Å². The highest BCUT2D eigenvalue weighted by Gasteiger charge is 2.36. The Labute approximate surface area is 146 Å². The third-order valence-corrected chi connectivity index (χ3v) is 5.97. The van der Waals surface area contributed by atoms with Gasteiger partial charge in [-0.1, -0.05) is 30.3 Å². The number of nitrogens with zero attached hydrogens (tertiary/aromatic N) is 1. The van der Waals surface area contributed by atoms with Crippen LogP contribution in [0.25, 0.3) is 0 Å². The Hall–Kier alpha value is -1.40. The molecule has 1 rings (SSSR count). The summed E-state index contributed by atoms with van der Waals surface area (Å²) in [7, 11) is -3.55. The Morgan fingerprint density at radius 1 is 1.25 bits per heavy atom. The lowest BCUT2D eigenvalue weighted by atomic mass is 10.2. The number of hydrogen-bond donors (Lipinski definition) is 1. The average Bonchev–Trinajstić information content (AvgIpc) is 2.58. The first kappa shape index (κ1) is 20.6. The maximum absolute atomic E-state index is 12.5. The van der Waals surface area contributed by atoms with E-state index >= 15 is 0 Å². The highest BCUT2D eigenvalue weighted by Crippen LogP contribution is 2.55. The molecule has 0 saturated carbocycles. The third-order valence-electron chi connectivity index (χ3n) is 2.78. The number of hydrogen-bond acceptors (Lipinski definition) is 6. The summed E-state index contributed by atoms with van der Waals surface area (Å²) in [6.07, 6.45) is -0.746. The van der Waals surface area contributed by atoms with Crippen molar-refractivity contribution in [2.24, 2.45) is 5.10 Å². The highest BCUT2D eigenvalue weighted by molar-refractivity contribution is 7.57. The molecule has 24 heavy (non-hydrogen) atoms. The average molecular weight is 377 g/mol. The van der Waals surface area contributed by atoms with E-state index in [9.17, 15) is 9.36 Å². The normalized spacial score (nSPS) is 13.4. The van der Waals surface area contributed by atoms with Gasteiger partial charge >= 0.3 is 13.7 Å². The summed E-state index contributed by atoms with van der Waals surface area (Å²) in [6.45, 7) is 5.35. The van der Waals surface area contributed by atoms with E-state index in [0.29, 0.717) is 0 Å². The molecular formula is C15H22ClN2O5P. The van der Waals surface area contributed by atoms with Crippen molar-refractivity contribution in [3.63, 3.8) is 0 Å². The maximum Gasteiger partial charge on any atom is 0.428 e. The fraction of sp³-hybridized carbons (Fsp3) is 0.467. The van der Waals surface area contributed by atoms with Gasteiger partial charge in [-0.3, -0.25) is 4.57 Å². The van der Waals surface area contributed by atoms with Crippen LogP contribution >= 0.6 is 19.2 Å². The van der Waals surface area contributed by atoms with Gasteiger partial charge in [0.2, 0.25) is 0 Å².